The fourth-order valence-corrected chi connectivity index (χ4v) is 2.27. The van der Waals surface area contributed by atoms with Crippen LogP contribution in [-0.4, -0.2) is 46.8 Å². The lowest BCUT2D eigenvalue weighted by Crippen LogP contribution is -2.37. The van der Waals surface area contributed by atoms with E-state index in [0.29, 0.717) is 16.7 Å². The van der Waals surface area contributed by atoms with Crippen LogP contribution >= 0.6 is 15.9 Å². The zero-order valence-corrected chi connectivity index (χ0v) is 13.4. The van der Waals surface area contributed by atoms with E-state index in [1.807, 2.05) is 6.92 Å². The molecule has 21 heavy (non-hydrogen) atoms. The number of aliphatic hydroxyl groups is 1. The fourth-order valence-electron chi connectivity index (χ4n) is 1.77. The topological polar surface area (TPSA) is 89.9 Å². The smallest absolute Gasteiger partial charge is 0.335 e. The van der Waals surface area contributed by atoms with Crippen LogP contribution in [-0.2, 0) is 0 Å². The van der Waals surface area contributed by atoms with Gasteiger partial charge in [0.15, 0.2) is 0 Å². The third-order valence-electron chi connectivity index (χ3n) is 2.83. The number of carboxylic acid groups (broad SMARTS) is 1. The number of carbonyl (C=O) groups excluding carboxylic acids is 1. The molecule has 0 saturated heterocycles. The van der Waals surface area contributed by atoms with Crippen LogP contribution in [0.4, 0.5) is 10.5 Å². The number of nitrogens with one attached hydrogen (secondary N) is 1. The van der Waals surface area contributed by atoms with E-state index < -0.39 is 5.97 Å². The van der Waals surface area contributed by atoms with Crippen molar-refractivity contribution in [3.63, 3.8) is 0 Å². The molecule has 0 atom stereocenters. The molecule has 6 nitrogen and oxygen atoms in total. The number of halogens is 1. The Morgan fingerprint density at radius 1 is 1.29 bits per heavy atom. The molecule has 0 aliphatic rings. The molecule has 7 heteroatoms. The molecule has 0 aromatic heterocycles. The number of hydrogen-bond acceptors (Lipinski definition) is 3. The summed E-state index contributed by atoms with van der Waals surface area (Å²) in [6.07, 6.45) is 1.78. The normalized spacial score (nSPS) is 10.2. The van der Waals surface area contributed by atoms with Crippen LogP contribution in [0.15, 0.2) is 22.7 Å². The molecule has 0 heterocycles. The van der Waals surface area contributed by atoms with Crippen molar-refractivity contribution in [3.05, 3.63) is 28.2 Å². The maximum atomic E-state index is 12.1. The van der Waals surface area contributed by atoms with Crippen molar-refractivity contribution < 1.29 is 19.8 Å². The van der Waals surface area contributed by atoms with Crippen molar-refractivity contribution in [2.75, 3.05) is 25.0 Å². The molecule has 1 aromatic carbocycles. The number of aliphatic hydroxyl groups excluding tert-OH is 1. The lowest BCUT2D eigenvalue weighted by atomic mass is 10.2. The maximum Gasteiger partial charge on any atom is 0.335 e. The minimum atomic E-state index is -1.06. The molecule has 3 N–H and O–H groups in total. The van der Waals surface area contributed by atoms with Gasteiger partial charge in [-0.15, -0.1) is 0 Å². The van der Waals surface area contributed by atoms with Gasteiger partial charge in [-0.3, -0.25) is 0 Å². The van der Waals surface area contributed by atoms with E-state index >= 15 is 0 Å². The van der Waals surface area contributed by atoms with Gasteiger partial charge in [-0.25, -0.2) is 9.59 Å². The third kappa shape index (κ3) is 5.73. The van der Waals surface area contributed by atoms with Crippen molar-refractivity contribution in [2.45, 2.75) is 19.8 Å². The first-order chi connectivity index (χ1) is 9.97. The van der Waals surface area contributed by atoms with Crippen molar-refractivity contribution in [2.24, 2.45) is 0 Å². The van der Waals surface area contributed by atoms with Crippen LogP contribution in [0.1, 0.15) is 30.1 Å². The monoisotopic (exact) mass is 358 g/mol. The minimum absolute atomic E-state index is 0.0851. The van der Waals surface area contributed by atoms with Gasteiger partial charge in [0.25, 0.3) is 0 Å². The van der Waals surface area contributed by atoms with Gasteiger partial charge < -0.3 is 20.4 Å². The van der Waals surface area contributed by atoms with Gasteiger partial charge in [0, 0.05) is 23.2 Å². The van der Waals surface area contributed by atoms with Crippen LogP contribution in [0, 0.1) is 0 Å². The number of urea groups is 1. The Labute approximate surface area is 131 Å². The second-order valence-corrected chi connectivity index (χ2v) is 5.44. The molecule has 0 aliphatic heterocycles. The number of rotatable bonds is 7. The Balaban J connectivity index is 2.82. The molecule has 2 amide bonds. The highest BCUT2D eigenvalue weighted by Crippen LogP contribution is 2.20. The molecule has 0 fully saturated rings. The lowest BCUT2D eigenvalue weighted by molar-refractivity contribution is 0.0696. The molecule has 0 unspecified atom stereocenters. The maximum absolute atomic E-state index is 12.1. The summed E-state index contributed by atoms with van der Waals surface area (Å²) in [6, 6.07) is 4.12. The summed E-state index contributed by atoms with van der Waals surface area (Å²) in [6.45, 7) is 2.69. The SMILES string of the molecule is CCCCN(CCO)C(=O)Nc1cc(Br)cc(C(=O)O)c1. The summed E-state index contributed by atoms with van der Waals surface area (Å²) < 4.78 is 0.569. The van der Waals surface area contributed by atoms with Gasteiger partial charge in [-0.05, 0) is 24.6 Å². The number of aromatic carboxylic acids is 1. The van der Waals surface area contributed by atoms with Gasteiger partial charge in [0.1, 0.15) is 0 Å². The fraction of sp³-hybridized carbons (Fsp3) is 0.429. The highest BCUT2D eigenvalue weighted by Gasteiger charge is 2.14. The lowest BCUT2D eigenvalue weighted by Gasteiger charge is -2.22. The summed E-state index contributed by atoms with van der Waals surface area (Å²) in [5.74, 6) is -1.06. The molecule has 0 saturated carbocycles. The second-order valence-electron chi connectivity index (χ2n) is 4.53. The van der Waals surface area contributed by atoms with E-state index in [4.69, 9.17) is 10.2 Å². The third-order valence-corrected chi connectivity index (χ3v) is 3.29. The van der Waals surface area contributed by atoms with Gasteiger partial charge in [0.2, 0.25) is 0 Å². The van der Waals surface area contributed by atoms with Crippen LogP contribution in [0.3, 0.4) is 0 Å². The summed E-state index contributed by atoms with van der Waals surface area (Å²) in [5.41, 5.74) is 0.480. The van der Waals surface area contributed by atoms with E-state index in [1.165, 1.54) is 17.0 Å². The molecular formula is C14H19BrN2O4. The van der Waals surface area contributed by atoms with Crippen molar-refractivity contribution in [1.82, 2.24) is 4.90 Å². The first kappa shape index (κ1) is 17.5. The van der Waals surface area contributed by atoms with Gasteiger partial charge in [-0.2, -0.15) is 0 Å². The number of carbonyl (C=O) groups is 2. The van der Waals surface area contributed by atoms with Crippen LogP contribution in [0.5, 0.6) is 0 Å². The number of unbranched alkanes of at least 4 members (excludes halogenated alkanes) is 1. The molecule has 116 valence electrons. The quantitative estimate of drug-likeness (QED) is 0.698. The first-order valence-corrected chi connectivity index (χ1v) is 7.48. The number of amides is 2. The summed E-state index contributed by atoms with van der Waals surface area (Å²) in [5, 5.41) is 20.7. The van der Waals surface area contributed by atoms with E-state index in [-0.39, 0.29) is 24.7 Å². The number of carboxylic acids is 1. The molecular weight excluding hydrogens is 340 g/mol. The highest BCUT2D eigenvalue weighted by atomic mass is 79.9. The molecule has 1 aromatic rings. The van der Waals surface area contributed by atoms with E-state index in [2.05, 4.69) is 21.2 Å². The van der Waals surface area contributed by atoms with Gasteiger partial charge in [0.05, 0.1) is 12.2 Å². The summed E-state index contributed by atoms with van der Waals surface area (Å²) in [7, 11) is 0. The highest BCUT2D eigenvalue weighted by molar-refractivity contribution is 9.10. The number of anilines is 1. The molecule has 0 bridgehead atoms. The Hall–Kier alpha value is -1.60. The van der Waals surface area contributed by atoms with Gasteiger partial charge in [-0.1, -0.05) is 29.3 Å². The van der Waals surface area contributed by atoms with Crippen molar-refractivity contribution >= 4 is 33.6 Å². The van der Waals surface area contributed by atoms with Crippen LogP contribution < -0.4 is 5.32 Å². The largest absolute Gasteiger partial charge is 0.478 e. The number of hydrogen-bond donors (Lipinski definition) is 3. The average Bonchev–Trinajstić information content (AvgIpc) is 2.42. The zero-order chi connectivity index (χ0) is 15.8. The van der Waals surface area contributed by atoms with E-state index in [9.17, 15) is 9.59 Å². The molecule has 0 aliphatic carbocycles. The first-order valence-electron chi connectivity index (χ1n) is 6.68. The van der Waals surface area contributed by atoms with E-state index in [0.717, 1.165) is 12.8 Å². The standard InChI is InChI=1S/C14H19BrN2O4/c1-2-3-4-17(5-6-18)14(21)16-12-8-10(13(19)20)7-11(15)9-12/h7-9,18H,2-6H2,1H3,(H,16,21)(H,19,20). The Morgan fingerprint density at radius 2 is 2.00 bits per heavy atom. The molecule has 0 spiro atoms. The Morgan fingerprint density at radius 3 is 2.57 bits per heavy atom. The van der Waals surface area contributed by atoms with Crippen LogP contribution in [0.2, 0.25) is 0 Å². The van der Waals surface area contributed by atoms with Crippen molar-refractivity contribution in [1.29, 1.82) is 0 Å². The average molecular weight is 359 g/mol. The predicted molar refractivity (Wildman–Crippen MR) is 83.7 cm³/mol. The van der Waals surface area contributed by atoms with Crippen molar-refractivity contribution in [3.8, 4) is 0 Å². The van der Waals surface area contributed by atoms with Crippen LogP contribution in [0.25, 0.3) is 0 Å². The second kappa shape index (κ2) is 8.63. The Bertz CT molecular complexity index is 508. The number of nitrogens with zero attached hydrogens (tertiary/aromatic N) is 1. The molecule has 1 rings (SSSR count). The zero-order valence-electron chi connectivity index (χ0n) is 11.8. The number of benzene rings is 1. The summed E-state index contributed by atoms with van der Waals surface area (Å²) in [4.78, 5) is 24.6. The molecule has 0 radical (unpaired) electrons. The predicted octanol–water partition coefficient (Wildman–Crippen LogP) is 2.77. The summed E-state index contributed by atoms with van der Waals surface area (Å²) >= 11 is 3.21. The Kier molecular flexibility index (Phi) is 7.18. The van der Waals surface area contributed by atoms with Gasteiger partial charge >= 0.3 is 12.0 Å². The minimum Gasteiger partial charge on any atom is -0.478 e. The van der Waals surface area contributed by atoms with E-state index in [1.54, 1.807) is 6.07 Å².